The van der Waals surface area contributed by atoms with E-state index in [0.717, 1.165) is 4.70 Å². The summed E-state index contributed by atoms with van der Waals surface area (Å²) in [4.78, 5) is 28.3. The average Bonchev–Trinajstić information content (AvgIpc) is 3.15. The molecule has 0 spiro atoms. The highest BCUT2D eigenvalue weighted by atomic mass is 32.1. The topological polar surface area (TPSA) is 95.3 Å². The van der Waals surface area contributed by atoms with Crippen molar-refractivity contribution >= 4 is 38.6 Å². The van der Waals surface area contributed by atoms with Gasteiger partial charge in [-0.25, -0.2) is 9.78 Å². The highest BCUT2D eigenvalue weighted by Crippen LogP contribution is 2.28. The van der Waals surface area contributed by atoms with E-state index in [4.69, 9.17) is 9.47 Å². The number of amides is 1. The number of benzene rings is 1. The fourth-order valence-electron chi connectivity index (χ4n) is 2.16. The number of methoxy groups -OCH3 is 2. The Kier molecular flexibility index (Phi) is 4.17. The van der Waals surface area contributed by atoms with Crippen LogP contribution in [0, 0.1) is 0 Å². The molecule has 8 nitrogen and oxygen atoms in total. The molecule has 2 heterocycles. The number of nitrogens with zero attached hydrogens (tertiary/aromatic N) is 3. The first kappa shape index (κ1) is 15.9. The molecule has 3 aromatic rings. The van der Waals surface area contributed by atoms with Crippen molar-refractivity contribution in [2.24, 2.45) is 7.05 Å². The number of aromatic nitrogens is 3. The first-order valence-electron chi connectivity index (χ1n) is 6.89. The molecule has 0 saturated heterocycles. The molecule has 0 aliphatic heterocycles. The van der Waals surface area contributed by atoms with Gasteiger partial charge in [-0.2, -0.15) is 0 Å². The van der Waals surface area contributed by atoms with Gasteiger partial charge < -0.3 is 9.47 Å². The van der Waals surface area contributed by atoms with Crippen LogP contribution in [0.25, 0.3) is 10.2 Å². The van der Waals surface area contributed by atoms with Crippen LogP contribution in [-0.2, 0) is 11.8 Å². The van der Waals surface area contributed by atoms with Crippen LogP contribution >= 0.6 is 11.3 Å². The van der Waals surface area contributed by atoms with Crippen molar-refractivity contribution in [2.75, 3.05) is 19.5 Å². The molecule has 0 aliphatic rings. The predicted octanol–water partition coefficient (Wildman–Crippen LogP) is 2.08. The normalized spacial score (nSPS) is 10.6. The first-order valence-corrected chi connectivity index (χ1v) is 7.71. The summed E-state index contributed by atoms with van der Waals surface area (Å²) in [6.45, 7) is 0. The lowest BCUT2D eigenvalue weighted by Crippen LogP contribution is -2.12. The van der Waals surface area contributed by atoms with E-state index in [1.54, 1.807) is 31.4 Å². The third-order valence-corrected chi connectivity index (χ3v) is 4.20. The summed E-state index contributed by atoms with van der Waals surface area (Å²) in [5.74, 6) is -0.549. The standard InChI is InChI=1S/C15H14N4O4S/c1-19-7-9(13(18-19)22-2)12(20)17-15-16-10-5-4-8(14(21)23-3)6-11(10)24-15/h4-7H,1-3H3,(H,16,17,20). The minimum Gasteiger partial charge on any atom is -0.479 e. The molecule has 0 aliphatic carbocycles. The van der Waals surface area contributed by atoms with E-state index in [9.17, 15) is 9.59 Å². The van der Waals surface area contributed by atoms with Crippen molar-refractivity contribution in [1.82, 2.24) is 14.8 Å². The van der Waals surface area contributed by atoms with Gasteiger partial charge in [-0.1, -0.05) is 11.3 Å². The minimum atomic E-state index is -0.420. The summed E-state index contributed by atoms with van der Waals surface area (Å²) in [5.41, 5.74) is 1.43. The van der Waals surface area contributed by atoms with Gasteiger partial charge in [0.15, 0.2) is 5.13 Å². The summed E-state index contributed by atoms with van der Waals surface area (Å²) in [6.07, 6.45) is 1.57. The maximum absolute atomic E-state index is 12.4. The third kappa shape index (κ3) is 2.93. The van der Waals surface area contributed by atoms with Crippen LogP contribution in [-0.4, -0.2) is 40.9 Å². The molecule has 1 N–H and O–H groups in total. The number of hydrogen-bond donors (Lipinski definition) is 1. The number of fused-ring (bicyclic) bond motifs is 1. The summed E-state index contributed by atoms with van der Waals surface area (Å²) in [7, 11) is 4.47. The molecule has 2 aromatic heterocycles. The number of esters is 1. The van der Waals surface area contributed by atoms with Crippen molar-refractivity contribution in [3.05, 3.63) is 35.5 Å². The van der Waals surface area contributed by atoms with Crippen LogP contribution in [0.4, 0.5) is 5.13 Å². The highest BCUT2D eigenvalue weighted by Gasteiger charge is 2.18. The van der Waals surface area contributed by atoms with Gasteiger partial charge >= 0.3 is 5.97 Å². The Balaban J connectivity index is 1.87. The molecule has 0 unspecified atom stereocenters. The lowest BCUT2D eigenvalue weighted by Gasteiger charge is -2.00. The van der Waals surface area contributed by atoms with Crippen molar-refractivity contribution in [3.8, 4) is 5.88 Å². The molecule has 1 amide bonds. The van der Waals surface area contributed by atoms with Crippen LogP contribution in [0.2, 0.25) is 0 Å². The average molecular weight is 346 g/mol. The summed E-state index contributed by atoms with van der Waals surface area (Å²) < 4.78 is 12.0. The Hall–Kier alpha value is -2.94. The maximum atomic E-state index is 12.4. The first-order chi connectivity index (χ1) is 11.5. The van der Waals surface area contributed by atoms with Crippen LogP contribution in [0.1, 0.15) is 20.7 Å². The molecule has 0 saturated carbocycles. The molecule has 0 fully saturated rings. The Morgan fingerprint density at radius 1 is 1.29 bits per heavy atom. The summed E-state index contributed by atoms with van der Waals surface area (Å²) >= 11 is 1.26. The smallest absolute Gasteiger partial charge is 0.337 e. The van der Waals surface area contributed by atoms with Gasteiger partial charge in [-0.3, -0.25) is 14.8 Å². The second-order valence-corrected chi connectivity index (χ2v) is 5.90. The molecular weight excluding hydrogens is 332 g/mol. The van der Waals surface area contributed by atoms with E-state index in [2.05, 4.69) is 15.4 Å². The van der Waals surface area contributed by atoms with E-state index >= 15 is 0 Å². The molecule has 1 aromatic carbocycles. The maximum Gasteiger partial charge on any atom is 0.337 e. The molecule has 24 heavy (non-hydrogen) atoms. The van der Waals surface area contributed by atoms with Crippen molar-refractivity contribution < 1.29 is 19.1 Å². The molecular formula is C15H14N4O4S. The minimum absolute atomic E-state index is 0.240. The zero-order valence-electron chi connectivity index (χ0n) is 13.2. The van der Waals surface area contributed by atoms with Crippen LogP contribution in [0.15, 0.2) is 24.4 Å². The Bertz CT molecular complexity index is 931. The SMILES string of the molecule is COC(=O)c1ccc2nc(NC(=O)c3cn(C)nc3OC)sc2c1. The second-order valence-electron chi connectivity index (χ2n) is 4.87. The highest BCUT2D eigenvalue weighted by molar-refractivity contribution is 7.22. The van der Waals surface area contributed by atoms with Crippen molar-refractivity contribution in [1.29, 1.82) is 0 Å². The molecule has 3 rings (SSSR count). The van der Waals surface area contributed by atoms with Crippen LogP contribution < -0.4 is 10.1 Å². The van der Waals surface area contributed by atoms with Crippen molar-refractivity contribution in [3.63, 3.8) is 0 Å². The number of carbonyl (C=O) groups is 2. The van der Waals surface area contributed by atoms with E-state index in [1.165, 1.54) is 30.2 Å². The lowest BCUT2D eigenvalue weighted by molar-refractivity contribution is 0.0601. The quantitative estimate of drug-likeness (QED) is 0.727. The Morgan fingerprint density at radius 3 is 2.79 bits per heavy atom. The third-order valence-electron chi connectivity index (χ3n) is 3.26. The zero-order chi connectivity index (χ0) is 17.3. The summed E-state index contributed by atoms with van der Waals surface area (Å²) in [6, 6.07) is 5.02. The molecule has 0 atom stereocenters. The largest absolute Gasteiger partial charge is 0.479 e. The van der Waals surface area contributed by atoms with Crippen LogP contribution in [0.5, 0.6) is 5.88 Å². The number of aryl methyl sites for hydroxylation is 1. The predicted molar refractivity (Wildman–Crippen MR) is 88.7 cm³/mol. The fraction of sp³-hybridized carbons (Fsp3) is 0.200. The fourth-order valence-corrected chi connectivity index (χ4v) is 3.06. The summed E-state index contributed by atoms with van der Waals surface area (Å²) in [5, 5.41) is 7.18. The Morgan fingerprint density at radius 2 is 2.08 bits per heavy atom. The number of anilines is 1. The monoisotopic (exact) mass is 346 g/mol. The Labute approximate surface area is 141 Å². The van der Waals surface area contributed by atoms with Crippen LogP contribution in [0.3, 0.4) is 0 Å². The van der Waals surface area contributed by atoms with Gasteiger partial charge in [0.25, 0.3) is 5.91 Å². The van der Waals surface area contributed by atoms with E-state index in [-0.39, 0.29) is 11.8 Å². The number of ether oxygens (including phenoxy) is 2. The van der Waals surface area contributed by atoms with Gasteiger partial charge in [0.05, 0.1) is 30.0 Å². The molecule has 124 valence electrons. The lowest BCUT2D eigenvalue weighted by atomic mass is 10.2. The molecule has 9 heteroatoms. The van der Waals surface area contributed by atoms with E-state index < -0.39 is 5.97 Å². The number of rotatable bonds is 4. The van der Waals surface area contributed by atoms with E-state index in [1.807, 2.05) is 0 Å². The van der Waals surface area contributed by atoms with E-state index in [0.29, 0.717) is 21.8 Å². The number of thiazole rings is 1. The van der Waals surface area contributed by atoms with Crippen molar-refractivity contribution in [2.45, 2.75) is 0 Å². The number of hydrogen-bond acceptors (Lipinski definition) is 7. The zero-order valence-corrected chi connectivity index (χ0v) is 14.0. The molecule has 0 radical (unpaired) electrons. The van der Waals surface area contributed by atoms with Gasteiger partial charge in [0.1, 0.15) is 5.56 Å². The molecule has 0 bridgehead atoms. The van der Waals surface area contributed by atoms with Gasteiger partial charge in [-0.05, 0) is 18.2 Å². The van der Waals surface area contributed by atoms with Gasteiger partial charge in [0, 0.05) is 13.2 Å². The van der Waals surface area contributed by atoms with Gasteiger partial charge in [0.2, 0.25) is 5.88 Å². The number of nitrogens with one attached hydrogen (secondary N) is 1. The van der Waals surface area contributed by atoms with Gasteiger partial charge in [-0.15, -0.1) is 5.10 Å². The number of carbonyl (C=O) groups excluding carboxylic acids is 2. The second kappa shape index (κ2) is 6.28.